The molecule has 0 radical (unpaired) electrons. The van der Waals surface area contributed by atoms with Gasteiger partial charge in [0.1, 0.15) is 0 Å². The van der Waals surface area contributed by atoms with E-state index in [0.29, 0.717) is 5.76 Å². The molecule has 0 spiro atoms. The zero-order valence-corrected chi connectivity index (χ0v) is 11.8. The minimum atomic E-state index is -0.185. The van der Waals surface area contributed by atoms with Crippen LogP contribution in [0, 0.1) is 20.8 Å². The Hall–Kier alpha value is -2.03. The lowest BCUT2D eigenvalue weighted by atomic mass is 9.96. The molecule has 1 N–H and O–H groups in total. The van der Waals surface area contributed by atoms with Crippen molar-refractivity contribution in [1.82, 2.24) is 5.32 Å². The zero-order chi connectivity index (χ0) is 14.0. The predicted molar refractivity (Wildman–Crippen MR) is 75.2 cm³/mol. The number of nitrogens with one attached hydrogen (secondary N) is 1. The van der Waals surface area contributed by atoms with Gasteiger partial charge in [0.15, 0.2) is 5.76 Å². The second-order valence-electron chi connectivity index (χ2n) is 4.97. The van der Waals surface area contributed by atoms with Crippen molar-refractivity contribution in [1.29, 1.82) is 0 Å². The minimum Gasteiger partial charge on any atom is -0.459 e. The van der Waals surface area contributed by atoms with Crippen LogP contribution in [0.3, 0.4) is 0 Å². The average Bonchev–Trinajstić information content (AvgIpc) is 2.87. The summed E-state index contributed by atoms with van der Waals surface area (Å²) in [5.74, 6) is 0.156. The number of aryl methyl sites for hydroxylation is 3. The molecule has 0 fully saturated rings. The fraction of sp³-hybridized carbons (Fsp3) is 0.312. The van der Waals surface area contributed by atoms with Gasteiger partial charge in [0, 0.05) is 0 Å². The van der Waals surface area contributed by atoms with Crippen LogP contribution in [0.25, 0.3) is 0 Å². The van der Waals surface area contributed by atoms with Gasteiger partial charge in [0.2, 0.25) is 0 Å². The van der Waals surface area contributed by atoms with Gasteiger partial charge in [-0.1, -0.05) is 12.1 Å². The second-order valence-corrected chi connectivity index (χ2v) is 4.97. The summed E-state index contributed by atoms with van der Waals surface area (Å²) in [5.41, 5.74) is 4.84. The molecule has 0 saturated heterocycles. The summed E-state index contributed by atoms with van der Waals surface area (Å²) in [7, 11) is 0. The molecule has 0 saturated carbocycles. The molecule has 19 heavy (non-hydrogen) atoms. The van der Waals surface area contributed by atoms with Crippen LogP contribution in [0.2, 0.25) is 0 Å². The van der Waals surface area contributed by atoms with Gasteiger partial charge in [-0.05, 0) is 62.1 Å². The molecular weight excluding hydrogens is 238 g/mol. The molecule has 0 aliphatic heterocycles. The molecule has 0 aliphatic rings. The number of hydrogen-bond acceptors (Lipinski definition) is 2. The van der Waals surface area contributed by atoms with Crippen molar-refractivity contribution in [3.63, 3.8) is 0 Å². The topological polar surface area (TPSA) is 42.2 Å². The van der Waals surface area contributed by atoms with E-state index >= 15 is 0 Å². The van der Waals surface area contributed by atoms with Gasteiger partial charge in [-0.3, -0.25) is 4.79 Å². The van der Waals surface area contributed by atoms with E-state index in [0.717, 1.165) is 5.56 Å². The van der Waals surface area contributed by atoms with Crippen molar-refractivity contribution >= 4 is 5.91 Å². The van der Waals surface area contributed by atoms with Crippen molar-refractivity contribution in [2.45, 2.75) is 33.7 Å². The maximum Gasteiger partial charge on any atom is 0.287 e. The molecule has 0 bridgehead atoms. The molecule has 2 aromatic rings. The maximum absolute atomic E-state index is 11.9. The standard InChI is InChI=1S/C16H19NO2/c1-10-8-12(3)14(9-11(10)2)13(4)17-16(18)15-6-5-7-19-15/h5-9,13H,1-4H3,(H,17,18)/t13-/m0/s1. The lowest BCUT2D eigenvalue weighted by Crippen LogP contribution is -2.26. The Balaban J connectivity index is 2.18. The van der Waals surface area contributed by atoms with Crippen LogP contribution in [0.1, 0.15) is 45.8 Å². The Morgan fingerprint density at radius 2 is 1.84 bits per heavy atom. The molecule has 0 aliphatic carbocycles. The van der Waals surface area contributed by atoms with Crippen LogP contribution in [0.5, 0.6) is 0 Å². The van der Waals surface area contributed by atoms with Crippen molar-refractivity contribution in [3.8, 4) is 0 Å². The van der Waals surface area contributed by atoms with E-state index in [1.165, 1.54) is 23.0 Å². The Morgan fingerprint density at radius 1 is 1.16 bits per heavy atom. The van der Waals surface area contributed by atoms with Gasteiger partial charge in [-0.25, -0.2) is 0 Å². The van der Waals surface area contributed by atoms with E-state index in [2.05, 4.69) is 38.2 Å². The summed E-state index contributed by atoms with van der Waals surface area (Å²) in [6, 6.07) is 7.62. The van der Waals surface area contributed by atoms with Gasteiger partial charge in [-0.2, -0.15) is 0 Å². The first-order chi connectivity index (χ1) is 8.99. The lowest BCUT2D eigenvalue weighted by Gasteiger charge is -2.17. The van der Waals surface area contributed by atoms with Gasteiger partial charge in [0.05, 0.1) is 12.3 Å². The van der Waals surface area contributed by atoms with Crippen molar-refractivity contribution in [2.75, 3.05) is 0 Å². The van der Waals surface area contributed by atoms with Crippen molar-refractivity contribution in [3.05, 3.63) is 58.5 Å². The fourth-order valence-electron chi connectivity index (χ4n) is 2.20. The number of carbonyl (C=O) groups excluding carboxylic acids is 1. The van der Waals surface area contributed by atoms with Crippen LogP contribution in [-0.4, -0.2) is 5.91 Å². The van der Waals surface area contributed by atoms with E-state index in [-0.39, 0.29) is 11.9 Å². The van der Waals surface area contributed by atoms with Crippen molar-refractivity contribution in [2.24, 2.45) is 0 Å². The Kier molecular flexibility index (Phi) is 3.74. The Morgan fingerprint density at radius 3 is 2.47 bits per heavy atom. The number of benzene rings is 1. The molecule has 1 aromatic heterocycles. The number of rotatable bonds is 3. The third kappa shape index (κ3) is 2.87. The largest absolute Gasteiger partial charge is 0.459 e. The molecule has 1 amide bonds. The van der Waals surface area contributed by atoms with E-state index < -0.39 is 0 Å². The van der Waals surface area contributed by atoms with Crippen LogP contribution in [0.4, 0.5) is 0 Å². The summed E-state index contributed by atoms with van der Waals surface area (Å²) < 4.78 is 5.09. The highest BCUT2D eigenvalue weighted by Crippen LogP contribution is 2.22. The summed E-state index contributed by atoms with van der Waals surface area (Å²) in [6.07, 6.45) is 1.50. The van der Waals surface area contributed by atoms with E-state index in [1.807, 2.05) is 6.92 Å². The Labute approximate surface area is 113 Å². The maximum atomic E-state index is 11.9. The van der Waals surface area contributed by atoms with Gasteiger partial charge < -0.3 is 9.73 Å². The molecular formula is C16H19NO2. The highest BCUT2D eigenvalue weighted by Gasteiger charge is 2.15. The molecule has 3 nitrogen and oxygen atoms in total. The van der Waals surface area contributed by atoms with Crippen LogP contribution < -0.4 is 5.32 Å². The number of furan rings is 1. The third-order valence-electron chi connectivity index (χ3n) is 3.44. The Bertz CT molecular complexity index is 585. The van der Waals surface area contributed by atoms with Crippen LogP contribution in [0.15, 0.2) is 34.9 Å². The normalized spacial score (nSPS) is 12.2. The molecule has 2 rings (SSSR count). The number of amides is 1. The molecule has 1 aromatic carbocycles. The first kappa shape index (κ1) is 13.4. The first-order valence-corrected chi connectivity index (χ1v) is 6.41. The molecule has 100 valence electrons. The van der Waals surface area contributed by atoms with E-state index in [9.17, 15) is 4.79 Å². The predicted octanol–water partition coefficient (Wildman–Crippen LogP) is 3.70. The summed E-state index contributed by atoms with van der Waals surface area (Å²) in [4.78, 5) is 11.9. The lowest BCUT2D eigenvalue weighted by molar-refractivity contribution is 0.0912. The van der Waals surface area contributed by atoms with Gasteiger partial charge in [-0.15, -0.1) is 0 Å². The van der Waals surface area contributed by atoms with E-state index in [1.54, 1.807) is 12.1 Å². The minimum absolute atomic E-state index is 0.0445. The monoisotopic (exact) mass is 257 g/mol. The molecule has 1 heterocycles. The summed E-state index contributed by atoms with van der Waals surface area (Å²) in [6.45, 7) is 8.23. The fourth-order valence-corrected chi connectivity index (χ4v) is 2.20. The zero-order valence-electron chi connectivity index (χ0n) is 11.8. The summed E-state index contributed by atoms with van der Waals surface area (Å²) >= 11 is 0. The van der Waals surface area contributed by atoms with Gasteiger partial charge >= 0.3 is 0 Å². The third-order valence-corrected chi connectivity index (χ3v) is 3.44. The summed E-state index contributed by atoms with van der Waals surface area (Å²) in [5, 5.41) is 2.95. The smallest absolute Gasteiger partial charge is 0.287 e. The van der Waals surface area contributed by atoms with Gasteiger partial charge in [0.25, 0.3) is 5.91 Å². The molecule has 3 heteroatoms. The second kappa shape index (κ2) is 5.31. The van der Waals surface area contributed by atoms with E-state index in [4.69, 9.17) is 4.42 Å². The first-order valence-electron chi connectivity index (χ1n) is 6.41. The van der Waals surface area contributed by atoms with Crippen LogP contribution >= 0.6 is 0 Å². The quantitative estimate of drug-likeness (QED) is 0.911. The number of hydrogen-bond donors (Lipinski definition) is 1. The highest BCUT2D eigenvalue weighted by molar-refractivity contribution is 5.91. The molecule has 1 atom stereocenters. The van der Waals surface area contributed by atoms with Crippen LogP contribution in [-0.2, 0) is 0 Å². The highest BCUT2D eigenvalue weighted by atomic mass is 16.3. The number of carbonyl (C=O) groups is 1. The SMILES string of the molecule is Cc1cc(C)c([C@H](C)NC(=O)c2ccco2)cc1C. The molecule has 0 unspecified atom stereocenters. The van der Waals surface area contributed by atoms with Crippen molar-refractivity contribution < 1.29 is 9.21 Å². The average molecular weight is 257 g/mol.